The Bertz CT molecular complexity index is 184. The Labute approximate surface area is 58.3 Å². The van der Waals surface area contributed by atoms with Gasteiger partial charge in [-0.05, 0) is 6.92 Å². The highest BCUT2D eigenvalue weighted by Crippen LogP contribution is 2.07. The van der Waals surface area contributed by atoms with E-state index in [0.29, 0.717) is 5.82 Å². The molecule has 0 bridgehead atoms. The zero-order valence-electron chi connectivity index (χ0n) is 5.65. The lowest BCUT2D eigenvalue weighted by Crippen LogP contribution is -2.25. The van der Waals surface area contributed by atoms with Crippen molar-refractivity contribution in [3.63, 3.8) is 0 Å². The second-order valence-corrected chi connectivity index (χ2v) is 2.18. The molecule has 0 fully saturated rings. The Hall–Kier alpha value is -0.940. The number of nitrogens with two attached hydrogens (primary N) is 1. The lowest BCUT2D eigenvalue weighted by atomic mass is 10.2. The largest absolute Gasteiger partial charge is 0.383 e. The fourth-order valence-corrected chi connectivity index (χ4v) is 0.608. The number of hydrogen-bond donors (Lipinski definition) is 3. The Morgan fingerprint density at radius 1 is 1.80 bits per heavy atom. The molecule has 0 radical (unpaired) electrons. The van der Waals surface area contributed by atoms with E-state index < -0.39 is 6.10 Å². The molecule has 10 heavy (non-hydrogen) atoms. The molecule has 5 nitrogen and oxygen atoms in total. The van der Waals surface area contributed by atoms with Crippen LogP contribution in [-0.2, 0) is 0 Å². The summed E-state index contributed by atoms with van der Waals surface area (Å²) in [7, 11) is 0. The zero-order valence-corrected chi connectivity index (χ0v) is 5.65. The van der Waals surface area contributed by atoms with Crippen LogP contribution in [0, 0.1) is 0 Å². The maximum absolute atomic E-state index is 9.23. The van der Waals surface area contributed by atoms with Crippen LogP contribution in [0.1, 0.15) is 18.9 Å². The van der Waals surface area contributed by atoms with Crippen LogP contribution in [0.3, 0.4) is 0 Å². The molecule has 0 saturated carbocycles. The summed E-state index contributed by atoms with van der Waals surface area (Å²) in [6.45, 7) is 1.70. The first kappa shape index (κ1) is 7.17. The molecule has 0 spiro atoms. The molecule has 1 rings (SSSR count). The quantitative estimate of drug-likeness (QED) is 0.503. The SMILES string of the molecule is C[C@H](N)C(O)c1nnc[nH]1. The molecule has 0 amide bonds. The summed E-state index contributed by atoms with van der Waals surface area (Å²) in [5, 5.41) is 16.3. The van der Waals surface area contributed by atoms with Crippen molar-refractivity contribution in [3.05, 3.63) is 12.2 Å². The molecular formula is C5H10N4O. The highest BCUT2D eigenvalue weighted by molar-refractivity contribution is 4.89. The minimum absolute atomic E-state index is 0.326. The number of aliphatic hydroxyl groups excluding tert-OH is 1. The van der Waals surface area contributed by atoms with E-state index in [4.69, 9.17) is 5.73 Å². The van der Waals surface area contributed by atoms with Crippen molar-refractivity contribution in [2.75, 3.05) is 0 Å². The van der Waals surface area contributed by atoms with E-state index >= 15 is 0 Å². The van der Waals surface area contributed by atoms with Gasteiger partial charge >= 0.3 is 0 Å². The average Bonchev–Trinajstić information content (AvgIpc) is 2.36. The van der Waals surface area contributed by atoms with Gasteiger partial charge < -0.3 is 15.8 Å². The number of aliphatic hydroxyl groups is 1. The molecule has 5 heteroatoms. The summed E-state index contributed by atoms with van der Waals surface area (Å²) in [6.07, 6.45) is 0.656. The van der Waals surface area contributed by atoms with Crippen LogP contribution in [-0.4, -0.2) is 26.3 Å². The minimum atomic E-state index is -0.748. The Morgan fingerprint density at radius 2 is 2.50 bits per heavy atom. The number of hydrogen-bond acceptors (Lipinski definition) is 4. The van der Waals surface area contributed by atoms with E-state index in [2.05, 4.69) is 15.2 Å². The molecule has 1 unspecified atom stereocenters. The molecule has 0 aliphatic rings. The third kappa shape index (κ3) is 1.31. The summed E-state index contributed by atoms with van der Waals surface area (Å²) in [5.41, 5.74) is 5.39. The number of rotatable bonds is 2. The molecule has 1 heterocycles. The number of H-pyrrole nitrogens is 1. The predicted molar refractivity (Wildman–Crippen MR) is 35.0 cm³/mol. The summed E-state index contributed by atoms with van der Waals surface area (Å²) >= 11 is 0. The lowest BCUT2D eigenvalue weighted by Gasteiger charge is -2.09. The minimum Gasteiger partial charge on any atom is -0.383 e. The van der Waals surface area contributed by atoms with E-state index in [1.165, 1.54) is 6.33 Å². The summed E-state index contributed by atoms with van der Waals surface area (Å²) in [6, 6.07) is -0.326. The Morgan fingerprint density at radius 3 is 2.90 bits per heavy atom. The average molecular weight is 142 g/mol. The molecule has 1 aromatic rings. The van der Waals surface area contributed by atoms with Gasteiger partial charge in [0.15, 0.2) is 5.82 Å². The number of nitrogens with one attached hydrogen (secondary N) is 1. The number of aromatic nitrogens is 3. The van der Waals surface area contributed by atoms with Gasteiger partial charge in [-0.15, -0.1) is 10.2 Å². The molecule has 4 N–H and O–H groups in total. The van der Waals surface area contributed by atoms with Crippen molar-refractivity contribution in [3.8, 4) is 0 Å². The van der Waals surface area contributed by atoms with E-state index in [9.17, 15) is 5.11 Å². The first-order valence-electron chi connectivity index (χ1n) is 3.01. The van der Waals surface area contributed by atoms with Crippen LogP contribution in [0.4, 0.5) is 0 Å². The van der Waals surface area contributed by atoms with Gasteiger partial charge in [0, 0.05) is 6.04 Å². The lowest BCUT2D eigenvalue weighted by molar-refractivity contribution is 0.144. The van der Waals surface area contributed by atoms with Crippen molar-refractivity contribution in [2.45, 2.75) is 19.1 Å². The van der Waals surface area contributed by atoms with E-state index in [1.807, 2.05) is 0 Å². The fraction of sp³-hybridized carbons (Fsp3) is 0.600. The second kappa shape index (κ2) is 2.76. The van der Waals surface area contributed by atoms with Gasteiger partial charge in [0.1, 0.15) is 12.4 Å². The van der Waals surface area contributed by atoms with Crippen LogP contribution >= 0.6 is 0 Å². The number of nitrogens with zero attached hydrogens (tertiary/aromatic N) is 2. The van der Waals surface area contributed by atoms with Gasteiger partial charge in [-0.2, -0.15) is 0 Å². The van der Waals surface area contributed by atoms with Gasteiger partial charge in [0.05, 0.1) is 0 Å². The molecule has 1 aromatic heterocycles. The van der Waals surface area contributed by atoms with Crippen LogP contribution in [0.25, 0.3) is 0 Å². The molecule has 0 saturated heterocycles. The van der Waals surface area contributed by atoms with Crippen LogP contribution < -0.4 is 5.73 Å². The van der Waals surface area contributed by atoms with Gasteiger partial charge in [-0.1, -0.05) is 0 Å². The van der Waals surface area contributed by atoms with Crippen molar-refractivity contribution < 1.29 is 5.11 Å². The van der Waals surface area contributed by atoms with Crippen molar-refractivity contribution >= 4 is 0 Å². The van der Waals surface area contributed by atoms with E-state index in [1.54, 1.807) is 6.92 Å². The smallest absolute Gasteiger partial charge is 0.160 e. The van der Waals surface area contributed by atoms with Crippen molar-refractivity contribution in [1.82, 2.24) is 15.2 Å². The van der Waals surface area contributed by atoms with Crippen molar-refractivity contribution in [2.24, 2.45) is 5.73 Å². The van der Waals surface area contributed by atoms with Crippen LogP contribution in [0.5, 0.6) is 0 Å². The maximum atomic E-state index is 9.23. The van der Waals surface area contributed by atoms with Crippen LogP contribution in [0.15, 0.2) is 6.33 Å². The molecule has 0 aliphatic carbocycles. The third-order valence-corrected chi connectivity index (χ3v) is 1.21. The third-order valence-electron chi connectivity index (χ3n) is 1.21. The highest BCUT2D eigenvalue weighted by atomic mass is 16.3. The normalized spacial score (nSPS) is 16.7. The standard InChI is InChI=1S/C5H10N4O/c1-3(6)4(10)5-7-2-8-9-5/h2-4,10H,6H2,1H3,(H,7,8,9)/t3-,4?/m0/s1. The Kier molecular flexibility index (Phi) is 1.98. The van der Waals surface area contributed by atoms with Crippen molar-refractivity contribution in [1.29, 1.82) is 0 Å². The van der Waals surface area contributed by atoms with Gasteiger partial charge in [0.2, 0.25) is 0 Å². The van der Waals surface area contributed by atoms with E-state index in [-0.39, 0.29) is 6.04 Å². The first-order chi connectivity index (χ1) is 4.72. The topological polar surface area (TPSA) is 87.8 Å². The summed E-state index contributed by atoms with van der Waals surface area (Å²) in [5.74, 6) is 0.412. The summed E-state index contributed by atoms with van der Waals surface area (Å²) in [4.78, 5) is 2.67. The highest BCUT2D eigenvalue weighted by Gasteiger charge is 2.14. The molecule has 0 aromatic carbocycles. The number of aromatic amines is 1. The van der Waals surface area contributed by atoms with Crippen LogP contribution in [0.2, 0.25) is 0 Å². The van der Waals surface area contributed by atoms with Gasteiger partial charge in [0.25, 0.3) is 0 Å². The predicted octanol–water partition coefficient (Wildman–Crippen LogP) is -0.815. The first-order valence-corrected chi connectivity index (χ1v) is 3.01. The monoisotopic (exact) mass is 142 g/mol. The fourth-order valence-electron chi connectivity index (χ4n) is 0.608. The maximum Gasteiger partial charge on any atom is 0.160 e. The van der Waals surface area contributed by atoms with E-state index in [0.717, 1.165) is 0 Å². The summed E-state index contributed by atoms with van der Waals surface area (Å²) < 4.78 is 0. The molecule has 2 atom stereocenters. The zero-order chi connectivity index (χ0) is 7.56. The Balaban J connectivity index is 2.68. The van der Waals surface area contributed by atoms with Gasteiger partial charge in [-0.3, -0.25) is 0 Å². The molecular weight excluding hydrogens is 132 g/mol. The molecule has 0 aliphatic heterocycles. The molecule has 56 valence electrons. The van der Waals surface area contributed by atoms with Gasteiger partial charge in [-0.25, -0.2) is 0 Å². The second-order valence-electron chi connectivity index (χ2n) is 2.18.